The Balaban J connectivity index is 1.68. The normalized spacial score (nSPS) is 11.8. The molecule has 9 heteroatoms. The first kappa shape index (κ1) is 18.7. The predicted octanol–water partition coefficient (Wildman–Crippen LogP) is 2.93. The zero-order valence-corrected chi connectivity index (χ0v) is 15.5. The lowest BCUT2D eigenvalue weighted by Crippen LogP contribution is -2.23. The predicted molar refractivity (Wildman–Crippen MR) is 103 cm³/mol. The number of carbonyl (C=O) groups excluding carboxylic acids is 1. The lowest BCUT2D eigenvalue weighted by atomic mass is 10.2. The molecule has 27 heavy (non-hydrogen) atoms. The number of thioether (sulfide) groups is 1. The Kier molecular flexibility index (Phi) is 5.60. The van der Waals surface area contributed by atoms with Gasteiger partial charge in [-0.25, -0.2) is 9.07 Å². The number of ether oxygens (including phenoxy) is 1. The van der Waals surface area contributed by atoms with Gasteiger partial charge in [0.1, 0.15) is 11.6 Å². The van der Waals surface area contributed by atoms with Gasteiger partial charge < -0.3 is 15.9 Å². The van der Waals surface area contributed by atoms with Crippen molar-refractivity contribution >= 4 is 23.4 Å². The molecule has 0 aliphatic carbocycles. The lowest BCUT2D eigenvalue weighted by molar-refractivity contribution is -0.115. The molecule has 0 spiro atoms. The molecule has 0 saturated heterocycles. The van der Waals surface area contributed by atoms with E-state index in [0.717, 1.165) is 11.3 Å². The van der Waals surface area contributed by atoms with Crippen molar-refractivity contribution in [3.05, 3.63) is 54.3 Å². The Bertz CT molecular complexity index is 928. The number of nitrogens with one attached hydrogen (secondary N) is 1. The van der Waals surface area contributed by atoms with Gasteiger partial charge in [0.25, 0.3) is 0 Å². The number of hydrogen-bond acceptors (Lipinski definition) is 6. The molecule has 2 aromatic carbocycles. The van der Waals surface area contributed by atoms with E-state index in [2.05, 4.69) is 15.5 Å². The van der Waals surface area contributed by atoms with Gasteiger partial charge in [0.05, 0.1) is 12.4 Å². The number of nitrogen functional groups attached to an aromatic ring is 1. The van der Waals surface area contributed by atoms with Crippen molar-refractivity contribution in [3.8, 4) is 17.1 Å². The quantitative estimate of drug-likeness (QED) is 0.499. The fourth-order valence-corrected chi connectivity index (χ4v) is 3.05. The first-order valence-electron chi connectivity index (χ1n) is 8.06. The molecule has 1 atom stereocenters. The van der Waals surface area contributed by atoms with Crippen molar-refractivity contribution in [1.29, 1.82) is 0 Å². The second-order valence-corrected chi connectivity index (χ2v) is 6.97. The highest BCUT2D eigenvalue weighted by molar-refractivity contribution is 8.00. The summed E-state index contributed by atoms with van der Waals surface area (Å²) in [4.78, 5) is 12.3. The molecule has 140 valence electrons. The van der Waals surface area contributed by atoms with E-state index in [4.69, 9.17) is 10.6 Å². The summed E-state index contributed by atoms with van der Waals surface area (Å²) in [5.41, 5.74) is 1.29. The number of halogens is 1. The number of carbonyl (C=O) groups is 1. The molecule has 1 heterocycles. The molecule has 1 amide bonds. The number of nitrogens with zero attached hydrogens (tertiary/aromatic N) is 3. The first-order valence-corrected chi connectivity index (χ1v) is 8.94. The fourth-order valence-electron chi connectivity index (χ4n) is 2.28. The standard InChI is InChI=1S/C18H18FN5O2S/c1-11(17(25)21-14-7-5-13(19)6-8-14)27-18-23-22-16(24(18)20)12-3-9-15(26-2)10-4-12/h3-11H,20H2,1-2H3,(H,21,25)/t11-/m1/s1. The highest BCUT2D eigenvalue weighted by Gasteiger charge is 2.20. The minimum atomic E-state index is -0.481. The monoisotopic (exact) mass is 387 g/mol. The molecule has 0 aliphatic heterocycles. The SMILES string of the molecule is COc1ccc(-c2nnc(S[C@H](C)C(=O)Nc3ccc(F)cc3)n2N)cc1. The summed E-state index contributed by atoms with van der Waals surface area (Å²) in [6, 6.07) is 12.8. The molecular weight excluding hydrogens is 369 g/mol. The third kappa shape index (κ3) is 4.37. The Labute approximate surface area is 159 Å². The summed E-state index contributed by atoms with van der Waals surface area (Å²) < 4.78 is 19.4. The van der Waals surface area contributed by atoms with Crippen LogP contribution in [0.15, 0.2) is 53.7 Å². The van der Waals surface area contributed by atoms with Gasteiger partial charge in [0.2, 0.25) is 11.1 Å². The molecule has 0 aliphatic rings. The van der Waals surface area contributed by atoms with E-state index in [1.165, 1.54) is 40.7 Å². The highest BCUT2D eigenvalue weighted by Crippen LogP contribution is 2.26. The first-order chi connectivity index (χ1) is 13.0. The molecule has 0 bridgehead atoms. The highest BCUT2D eigenvalue weighted by atomic mass is 32.2. The Morgan fingerprint density at radius 2 is 1.85 bits per heavy atom. The van der Waals surface area contributed by atoms with E-state index in [1.54, 1.807) is 26.2 Å². The van der Waals surface area contributed by atoms with Crippen molar-refractivity contribution in [2.24, 2.45) is 0 Å². The van der Waals surface area contributed by atoms with E-state index in [1.807, 2.05) is 12.1 Å². The van der Waals surface area contributed by atoms with Crippen LogP contribution in [0.25, 0.3) is 11.4 Å². The molecule has 3 N–H and O–H groups in total. The van der Waals surface area contributed by atoms with Crippen LogP contribution in [0.5, 0.6) is 5.75 Å². The van der Waals surface area contributed by atoms with E-state index in [-0.39, 0.29) is 11.7 Å². The molecule has 0 saturated carbocycles. The van der Waals surface area contributed by atoms with Crippen molar-refractivity contribution in [3.63, 3.8) is 0 Å². The Morgan fingerprint density at radius 1 is 1.19 bits per heavy atom. The van der Waals surface area contributed by atoms with Gasteiger partial charge in [-0.1, -0.05) is 11.8 Å². The maximum absolute atomic E-state index is 12.9. The topological polar surface area (TPSA) is 95.1 Å². The van der Waals surface area contributed by atoms with Crippen LogP contribution in [0.3, 0.4) is 0 Å². The number of amides is 1. The molecule has 1 aromatic heterocycles. The second-order valence-electron chi connectivity index (χ2n) is 5.66. The van der Waals surface area contributed by atoms with E-state index < -0.39 is 5.25 Å². The molecule has 0 fully saturated rings. The summed E-state index contributed by atoms with van der Waals surface area (Å²) >= 11 is 1.18. The lowest BCUT2D eigenvalue weighted by Gasteiger charge is -2.11. The van der Waals surface area contributed by atoms with Crippen LogP contribution in [0.1, 0.15) is 6.92 Å². The van der Waals surface area contributed by atoms with Gasteiger partial charge in [-0.3, -0.25) is 4.79 Å². The maximum Gasteiger partial charge on any atom is 0.237 e. The van der Waals surface area contributed by atoms with Gasteiger partial charge >= 0.3 is 0 Å². The van der Waals surface area contributed by atoms with Crippen molar-refractivity contribution in [2.45, 2.75) is 17.3 Å². The number of aromatic nitrogens is 3. The molecular formula is C18H18FN5O2S. The van der Waals surface area contributed by atoms with Crippen LogP contribution in [0.4, 0.5) is 10.1 Å². The minimum Gasteiger partial charge on any atom is -0.497 e. The Morgan fingerprint density at radius 3 is 2.48 bits per heavy atom. The largest absolute Gasteiger partial charge is 0.497 e. The van der Waals surface area contributed by atoms with Crippen LogP contribution in [-0.4, -0.2) is 33.1 Å². The van der Waals surface area contributed by atoms with Crippen molar-refractivity contribution < 1.29 is 13.9 Å². The van der Waals surface area contributed by atoms with Crippen LogP contribution >= 0.6 is 11.8 Å². The summed E-state index contributed by atoms with van der Waals surface area (Å²) in [5, 5.41) is 10.8. The third-order valence-electron chi connectivity index (χ3n) is 3.78. The number of hydrogen-bond donors (Lipinski definition) is 2. The molecule has 7 nitrogen and oxygen atoms in total. The van der Waals surface area contributed by atoms with Gasteiger partial charge in [-0.2, -0.15) is 0 Å². The van der Waals surface area contributed by atoms with Crippen LogP contribution in [0, 0.1) is 5.82 Å². The molecule has 0 unspecified atom stereocenters. The van der Waals surface area contributed by atoms with Gasteiger partial charge in [-0.15, -0.1) is 10.2 Å². The van der Waals surface area contributed by atoms with Crippen LogP contribution < -0.4 is 15.9 Å². The van der Waals surface area contributed by atoms with E-state index in [9.17, 15) is 9.18 Å². The fraction of sp³-hybridized carbons (Fsp3) is 0.167. The third-order valence-corrected chi connectivity index (χ3v) is 4.83. The summed E-state index contributed by atoms with van der Waals surface area (Å²) in [7, 11) is 1.59. The number of nitrogens with two attached hydrogens (primary N) is 1. The average Bonchev–Trinajstić information content (AvgIpc) is 3.04. The zero-order valence-electron chi connectivity index (χ0n) is 14.7. The molecule has 3 rings (SSSR count). The average molecular weight is 387 g/mol. The number of benzene rings is 2. The minimum absolute atomic E-state index is 0.249. The van der Waals surface area contributed by atoms with Gasteiger partial charge in [0, 0.05) is 11.3 Å². The van der Waals surface area contributed by atoms with Gasteiger partial charge in [0.15, 0.2) is 5.82 Å². The van der Waals surface area contributed by atoms with E-state index in [0.29, 0.717) is 16.7 Å². The Hall–Kier alpha value is -3.07. The zero-order chi connectivity index (χ0) is 19.4. The second kappa shape index (κ2) is 8.09. The summed E-state index contributed by atoms with van der Waals surface area (Å²) in [6.45, 7) is 1.73. The van der Waals surface area contributed by atoms with Crippen molar-refractivity contribution in [2.75, 3.05) is 18.3 Å². The number of methoxy groups -OCH3 is 1. The number of anilines is 1. The van der Waals surface area contributed by atoms with Crippen LogP contribution in [-0.2, 0) is 4.79 Å². The van der Waals surface area contributed by atoms with E-state index >= 15 is 0 Å². The summed E-state index contributed by atoms with van der Waals surface area (Å²) in [5.74, 6) is 6.68. The van der Waals surface area contributed by atoms with Crippen molar-refractivity contribution in [1.82, 2.24) is 14.9 Å². The number of rotatable bonds is 6. The maximum atomic E-state index is 12.9. The summed E-state index contributed by atoms with van der Waals surface area (Å²) in [6.07, 6.45) is 0. The van der Waals surface area contributed by atoms with Crippen LogP contribution in [0.2, 0.25) is 0 Å². The molecule has 3 aromatic rings. The molecule has 0 radical (unpaired) electrons. The smallest absolute Gasteiger partial charge is 0.237 e. The van der Waals surface area contributed by atoms with Gasteiger partial charge in [-0.05, 0) is 55.5 Å².